The highest BCUT2D eigenvalue weighted by atomic mass is 28.3. The first-order valence-electron chi connectivity index (χ1n) is 18.3. The van der Waals surface area contributed by atoms with Gasteiger partial charge in [0.2, 0.25) is 0 Å². The van der Waals surface area contributed by atoms with Gasteiger partial charge in [0.05, 0.1) is 36.1 Å². The molecule has 0 spiro atoms. The van der Waals surface area contributed by atoms with Gasteiger partial charge in [0, 0.05) is 55.2 Å². The first kappa shape index (κ1) is 37.8. The summed E-state index contributed by atoms with van der Waals surface area (Å²) in [4.78, 5) is 16.7. The van der Waals surface area contributed by atoms with Gasteiger partial charge in [-0.25, -0.2) is 14.6 Å². The summed E-state index contributed by atoms with van der Waals surface area (Å²) in [5, 5.41) is 8.56. The van der Waals surface area contributed by atoms with Crippen LogP contribution in [0.1, 0.15) is 11.1 Å². The predicted octanol–water partition coefficient (Wildman–Crippen LogP) is 7.47. The van der Waals surface area contributed by atoms with Gasteiger partial charge < -0.3 is 24.3 Å². The summed E-state index contributed by atoms with van der Waals surface area (Å²) in [6.07, 6.45) is 3.65. The van der Waals surface area contributed by atoms with Crippen molar-refractivity contribution in [3.8, 4) is 17.5 Å². The third-order valence-corrected chi connectivity index (χ3v) is 12.2. The Morgan fingerprint density at radius 1 is 0.827 bits per heavy atom. The highest BCUT2D eigenvalue weighted by Gasteiger charge is 2.22. The van der Waals surface area contributed by atoms with E-state index in [-0.39, 0.29) is 6.01 Å². The summed E-state index contributed by atoms with van der Waals surface area (Å²) in [5.41, 5.74) is 5.59. The van der Waals surface area contributed by atoms with Crippen LogP contribution in [0.3, 0.4) is 0 Å². The van der Waals surface area contributed by atoms with Gasteiger partial charge in [0.1, 0.15) is 25.9 Å². The van der Waals surface area contributed by atoms with Crippen molar-refractivity contribution in [3.05, 3.63) is 78.1 Å². The van der Waals surface area contributed by atoms with Gasteiger partial charge in [0.25, 0.3) is 0 Å². The van der Waals surface area contributed by atoms with Crippen LogP contribution in [0.4, 0.5) is 11.5 Å². The smallest absolute Gasteiger partial charge is 0.318 e. The van der Waals surface area contributed by atoms with Crippen molar-refractivity contribution in [1.82, 2.24) is 34.2 Å². The highest BCUT2D eigenvalue weighted by molar-refractivity contribution is 6.76. The number of anilines is 2. The van der Waals surface area contributed by atoms with E-state index in [0.717, 1.165) is 67.2 Å². The normalized spacial score (nSPS) is 14.3. The molecule has 12 nitrogen and oxygen atoms in total. The molecule has 1 N–H and O–H groups in total. The van der Waals surface area contributed by atoms with Crippen molar-refractivity contribution in [2.24, 2.45) is 0 Å². The zero-order chi connectivity index (χ0) is 36.6. The number of benzene rings is 2. The molecule has 6 rings (SSSR count). The number of imidazole rings is 1. The zero-order valence-corrected chi connectivity index (χ0v) is 33.6. The summed E-state index contributed by atoms with van der Waals surface area (Å²) < 4.78 is 28.0. The van der Waals surface area contributed by atoms with Crippen LogP contribution in [0.15, 0.2) is 67.0 Å². The lowest BCUT2D eigenvalue weighted by atomic mass is 10.2. The monoisotopic (exact) mass is 742 g/mol. The average molecular weight is 743 g/mol. The minimum Gasteiger partial charge on any atom is -0.459 e. The molecule has 0 bridgehead atoms. The van der Waals surface area contributed by atoms with Crippen LogP contribution in [0.5, 0.6) is 6.01 Å². The summed E-state index contributed by atoms with van der Waals surface area (Å²) in [7, 11) is -2.51. The van der Waals surface area contributed by atoms with Crippen molar-refractivity contribution < 1.29 is 18.9 Å². The molecule has 52 heavy (non-hydrogen) atoms. The summed E-state index contributed by atoms with van der Waals surface area (Å²) >= 11 is 0. The molecule has 0 radical (unpaired) electrons. The Bertz CT molecular complexity index is 1880. The summed E-state index contributed by atoms with van der Waals surface area (Å²) in [6, 6.07) is 20.8. The first-order chi connectivity index (χ1) is 25.0. The van der Waals surface area contributed by atoms with Gasteiger partial charge in [-0.05, 0) is 41.4 Å². The van der Waals surface area contributed by atoms with Crippen LogP contribution < -0.4 is 10.1 Å². The second kappa shape index (κ2) is 17.3. The maximum absolute atomic E-state index is 6.35. The van der Waals surface area contributed by atoms with Crippen LogP contribution in [-0.4, -0.2) is 89.9 Å². The molecule has 3 aromatic heterocycles. The van der Waals surface area contributed by atoms with Gasteiger partial charge >= 0.3 is 6.01 Å². The molecular weight excluding hydrogens is 689 g/mol. The first-order valence-corrected chi connectivity index (χ1v) is 25.7. The van der Waals surface area contributed by atoms with Crippen LogP contribution in [0.2, 0.25) is 51.4 Å². The minimum atomic E-state index is -1.27. The number of nitrogens with one attached hydrogen (secondary N) is 1. The van der Waals surface area contributed by atoms with Crippen molar-refractivity contribution in [2.45, 2.75) is 78.0 Å². The van der Waals surface area contributed by atoms with E-state index in [9.17, 15) is 0 Å². The van der Waals surface area contributed by atoms with Gasteiger partial charge in [-0.1, -0.05) is 75.7 Å². The molecule has 5 aromatic rings. The fourth-order valence-corrected chi connectivity index (χ4v) is 7.27. The van der Waals surface area contributed by atoms with Crippen LogP contribution in [0.25, 0.3) is 22.6 Å². The van der Waals surface area contributed by atoms with Gasteiger partial charge in [-0.2, -0.15) is 10.1 Å². The molecule has 0 unspecified atom stereocenters. The van der Waals surface area contributed by atoms with Gasteiger partial charge in [-0.15, -0.1) is 0 Å². The molecule has 1 aliphatic heterocycles. The van der Waals surface area contributed by atoms with Crippen LogP contribution >= 0.6 is 0 Å². The fraction of sp³-hybridized carbons (Fsp3) is 0.474. The average Bonchev–Trinajstić information content (AvgIpc) is 3.68. The van der Waals surface area contributed by atoms with E-state index >= 15 is 0 Å². The van der Waals surface area contributed by atoms with Gasteiger partial charge in [-0.3, -0.25) is 9.47 Å². The van der Waals surface area contributed by atoms with Crippen molar-refractivity contribution in [2.75, 3.05) is 44.8 Å². The Hall–Kier alpha value is -3.93. The lowest BCUT2D eigenvalue weighted by Gasteiger charge is -2.26. The van der Waals surface area contributed by atoms with E-state index < -0.39 is 16.1 Å². The molecule has 0 atom stereocenters. The van der Waals surface area contributed by atoms with E-state index in [1.807, 2.05) is 47.3 Å². The number of hydrogen-bond donors (Lipinski definition) is 1. The lowest BCUT2D eigenvalue weighted by Crippen LogP contribution is -2.35. The Balaban J connectivity index is 1.32. The number of hydrogen-bond acceptors (Lipinski definition) is 10. The van der Waals surface area contributed by atoms with Crippen molar-refractivity contribution >= 4 is 38.7 Å². The molecule has 14 heteroatoms. The summed E-state index contributed by atoms with van der Waals surface area (Å²) in [5.74, 6) is 1.30. The SMILES string of the molecule is C[Si](C)(C)CCOCn1cc(Nc2ccnc(OCc3ccccc3)n2)c(-c2nc3cc(CN4CCOCC4)ccc3n2COCC[Si](C)(C)C)n1. The lowest BCUT2D eigenvalue weighted by molar-refractivity contribution is 0.0342. The van der Waals surface area contributed by atoms with Crippen molar-refractivity contribution in [1.29, 1.82) is 0 Å². The number of aromatic nitrogens is 6. The molecule has 2 aromatic carbocycles. The molecule has 1 aliphatic rings. The molecule has 278 valence electrons. The molecule has 1 saturated heterocycles. The van der Waals surface area contributed by atoms with E-state index in [1.165, 1.54) is 5.56 Å². The highest BCUT2D eigenvalue weighted by Crippen LogP contribution is 2.32. The quantitative estimate of drug-likeness (QED) is 0.0717. The minimum absolute atomic E-state index is 0.285. The standard InChI is InChI=1S/C38H54N8O4Si2/c1-51(2,3)22-20-48-28-45-26-33(40-35-14-15-39-38(42-35)50-27-30-10-8-7-9-11-30)36(43-45)37-41-32-24-31(25-44-16-18-47-19-17-44)12-13-34(32)46(37)29-49-21-23-52(4,5)6/h7-15,24,26H,16-23,25,27-29H2,1-6H3,(H,39,40,42). The summed E-state index contributed by atoms with van der Waals surface area (Å²) in [6.45, 7) is 20.9. The molecule has 4 heterocycles. The third-order valence-electron chi connectivity index (χ3n) is 8.84. The Kier molecular flexibility index (Phi) is 12.6. The van der Waals surface area contributed by atoms with E-state index in [4.69, 9.17) is 29.0 Å². The molecule has 1 fully saturated rings. The maximum atomic E-state index is 6.35. The molecule has 0 saturated carbocycles. The van der Waals surface area contributed by atoms with E-state index in [2.05, 4.69) is 82.2 Å². The van der Waals surface area contributed by atoms with E-state index in [0.29, 0.717) is 50.6 Å². The second-order valence-corrected chi connectivity index (χ2v) is 27.1. The number of morpholine rings is 1. The number of nitrogens with zero attached hydrogens (tertiary/aromatic N) is 7. The fourth-order valence-electron chi connectivity index (χ4n) is 5.76. The molecular formula is C38H54N8O4Si2. The number of ether oxygens (including phenoxy) is 4. The van der Waals surface area contributed by atoms with Gasteiger partial charge in [0.15, 0.2) is 11.5 Å². The van der Waals surface area contributed by atoms with Crippen molar-refractivity contribution in [3.63, 3.8) is 0 Å². The largest absolute Gasteiger partial charge is 0.459 e. The zero-order valence-electron chi connectivity index (χ0n) is 31.6. The second-order valence-electron chi connectivity index (χ2n) is 15.8. The third kappa shape index (κ3) is 11.0. The Labute approximate surface area is 309 Å². The predicted molar refractivity (Wildman–Crippen MR) is 211 cm³/mol. The topological polar surface area (TPSA) is 114 Å². The maximum Gasteiger partial charge on any atom is 0.318 e. The van der Waals surface area contributed by atoms with Crippen LogP contribution in [-0.2, 0) is 40.8 Å². The number of fused-ring (bicyclic) bond motifs is 1. The van der Waals surface area contributed by atoms with Crippen LogP contribution in [0, 0.1) is 0 Å². The number of rotatable bonds is 18. The Morgan fingerprint density at radius 2 is 1.56 bits per heavy atom. The molecule has 0 aliphatic carbocycles. The Morgan fingerprint density at radius 3 is 2.29 bits per heavy atom. The molecule has 0 amide bonds. The van der Waals surface area contributed by atoms with E-state index in [1.54, 1.807) is 6.20 Å².